The Morgan fingerprint density at radius 3 is 2.61 bits per heavy atom. The van der Waals surface area contributed by atoms with E-state index in [-0.39, 0.29) is 18.4 Å². The molecule has 0 aromatic carbocycles. The fraction of sp³-hybridized carbons (Fsp3) is 0.857. The van der Waals surface area contributed by atoms with Crippen molar-refractivity contribution in [1.29, 1.82) is 0 Å². The van der Waals surface area contributed by atoms with Crippen LogP contribution in [-0.4, -0.2) is 29.6 Å². The summed E-state index contributed by atoms with van der Waals surface area (Å²) in [4.78, 5) is 21.4. The summed E-state index contributed by atoms with van der Waals surface area (Å²) in [6.07, 6.45) is 8.94. The second kappa shape index (κ2) is 6.32. The van der Waals surface area contributed by atoms with Crippen LogP contribution in [0, 0.1) is 11.8 Å². The van der Waals surface area contributed by atoms with E-state index >= 15 is 0 Å². The van der Waals surface area contributed by atoms with Crippen molar-refractivity contribution in [3.8, 4) is 0 Å². The minimum atomic E-state index is -0.711. The summed E-state index contributed by atoms with van der Waals surface area (Å²) in [5.74, 6) is -0.180. The zero-order chi connectivity index (χ0) is 13.0. The van der Waals surface area contributed by atoms with Crippen LogP contribution >= 0.6 is 0 Å². The molecule has 2 aliphatic heterocycles. The van der Waals surface area contributed by atoms with E-state index in [0.717, 1.165) is 51.2 Å². The third-order valence-electron chi connectivity index (χ3n) is 4.32. The summed E-state index contributed by atoms with van der Waals surface area (Å²) in [5.41, 5.74) is 0. The summed E-state index contributed by atoms with van der Waals surface area (Å²) in [6.45, 7) is 0. The second-order valence-electron chi connectivity index (χ2n) is 5.51. The average molecular weight is 254 g/mol. The molecule has 0 radical (unpaired) electrons. The van der Waals surface area contributed by atoms with E-state index in [1.165, 1.54) is 0 Å². The van der Waals surface area contributed by atoms with Crippen LogP contribution in [-0.2, 0) is 14.3 Å². The molecule has 2 aliphatic rings. The van der Waals surface area contributed by atoms with Gasteiger partial charge in [0, 0.05) is 12.3 Å². The molecule has 0 saturated carbocycles. The first kappa shape index (κ1) is 13.5. The highest BCUT2D eigenvalue weighted by molar-refractivity contribution is 5.66. The molecular formula is C14H22O4. The van der Waals surface area contributed by atoms with Crippen LogP contribution in [0.25, 0.3) is 0 Å². The Morgan fingerprint density at radius 1 is 1.17 bits per heavy atom. The van der Waals surface area contributed by atoms with Crippen molar-refractivity contribution in [1.82, 2.24) is 0 Å². The van der Waals surface area contributed by atoms with Gasteiger partial charge in [-0.05, 0) is 31.6 Å². The number of carboxylic acids is 1. The number of fused-ring (bicyclic) bond motifs is 2. The van der Waals surface area contributed by atoms with E-state index in [9.17, 15) is 9.59 Å². The summed E-state index contributed by atoms with van der Waals surface area (Å²) >= 11 is 0. The maximum atomic E-state index is 11.1. The number of hydrogen-bond donors (Lipinski definition) is 1. The predicted molar refractivity (Wildman–Crippen MR) is 66.3 cm³/mol. The van der Waals surface area contributed by atoms with Gasteiger partial charge in [-0.25, -0.2) is 0 Å². The monoisotopic (exact) mass is 254 g/mol. The molecular weight excluding hydrogens is 232 g/mol. The first-order valence-electron chi connectivity index (χ1n) is 7.05. The van der Waals surface area contributed by atoms with Crippen LogP contribution in [0.1, 0.15) is 51.4 Å². The maximum absolute atomic E-state index is 11.1. The smallest absolute Gasteiger partial charge is 0.303 e. The Hall–Kier alpha value is -0.900. The molecule has 4 heteroatoms. The van der Waals surface area contributed by atoms with Crippen molar-refractivity contribution in [2.75, 3.05) is 0 Å². The van der Waals surface area contributed by atoms with Crippen LogP contribution in [0.3, 0.4) is 0 Å². The highest BCUT2D eigenvalue weighted by atomic mass is 16.5. The van der Waals surface area contributed by atoms with Crippen molar-refractivity contribution in [3.05, 3.63) is 0 Å². The zero-order valence-electron chi connectivity index (χ0n) is 10.7. The van der Waals surface area contributed by atoms with Crippen LogP contribution in [0.5, 0.6) is 0 Å². The molecule has 0 aliphatic carbocycles. The highest BCUT2D eigenvalue weighted by Gasteiger charge is 2.48. The number of carbonyl (C=O) groups excluding carboxylic acids is 1. The summed E-state index contributed by atoms with van der Waals surface area (Å²) in [7, 11) is 0. The quantitative estimate of drug-likeness (QED) is 0.533. The minimum Gasteiger partial charge on any atom is -0.481 e. The Balaban J connectivity index is 1.61. The van der Waals surface area contributed by atoms with Crippen molar-refractivity contribution in [3.63, 3.8) is 0 Å². The Bertz CT molecular complexity index is 302. The van der Waals surface area contributed by atoms with E-state index in [1.807, 2.05) is 0 Å². The lowest BCUT2D eigenvalue weighted by Crippen LogP contribution is -2.28. The van der Waals surface area contributed by atoms with Crippen molar-refractivity contribution < 1.29 is 19.4 Å². The number of carbonyl (C=O) groups is 2. The number of unbranched alkanes of at least 4 members (excludes halogenated alkanes) is 3. The number of ether oxygens (including phenoxy) is 1. The summed E-state index contributed by atoms with van der Waals surface area (Å²) < 4.78 is 5.79. The zero-order valence-corrected chi connectivity index (χ0v) is 10.7. The third-order valence-corrected chi connectivity index (χ3v) is 4.32. The van der Waals surface area contributed by atoms with Gasteiger partial charge in [0.2, 0.25) is 0 Å². The molecule has 0 amide bonds. The Kier molecular flexibility index (Phi) is 4.75. The molecule has 4 atom stereocenters. The second-order valence-corrected chi connectivity index (χ2v) is 5.51. The van der Waals surface area contributed by atoms with E-state index in [2.05, 4.69) is 0 Å². The van der Waals surface area contributed by atoms with Crippen LogP contribution in [0.2, 0.25) is 0 Å². The van der Waals surface area contributed by atoms with Gasteiger partial charge in [0.1, 0.15) is 6.29 Å². The molecule has 2 saturated heterocycles. The molecule has 2 bridgehead atoms. The largest absolute Gasteiger partial charge is 0.481 e. The normalized spacial score (nSPS) is 33.8. The molecule has 0 aromatic rings. The number of aliphatic carboxylic acids is 1. The molecule has 102 valence electrons. The third kappa shape index (κ3) is 3.10. The van der Waals surface area contributed by atoms with Crippen molar-refractivity contribution in [2.24, 2.45) is 11.8 Å². The molecule has 0 aromatic heterocycles. The molecule has 2 heterocycles. The lowest BCUT2D eigenvalue weighted by molar-refractivity contribution is -0.137. The molecule has 2 rings (SSSR count). The summed E-state index contributed by atoms with van der Waals surface area (Å²) in [5, 5.41) is 8.53. The number of rotatable bonds is 8. The van der Waals surface area contributed by atoms with Gasteiger partial charge in [-0.3, -0.25) is 4.79 Å². The molecule has 0 spiro atoms. The highest BCUT2D eigenvalue weighted by Crippen LogP contribution is 2.44. The van der Waals surface area contributed by atoms with Crippen molar-refractivity contribution >= 4 is 12.3 Å². The van der Waals surface area contributed by atoms with Crippen LogP contribution in [0.4, 0.5) is 0 Å². The minimum absolute atomic E-state index is 0.114. The average Bonchev–Trinajstić information content (AvgIpc) is 2.93. The van der Waals surface area contributed by atoms with Gasteiger partial charge >= 0.3 is 5.97 Å². The lowest BCUT2D eigenvalue weighted by atomic mass is 9.77. The summed E-state index contributed by atoms with van der Waals surface area (Å²) in [6, 6.07) is 0. The molecule has 18 heavy (non-hydrogen) atoms. The standard InChI is InChI=1S/C14H22O4/c15-9-11-10(12-7-8-13(11)18-12)5-3-1-2-4-6-14(16)17/h9-13H,1-8H2,(H,16,17). The maximum Gasteiger partial charge on any atom is 0.303 e. The Labute approximate surface area is 108 Å². The first-order valence-corrected chi connectivity index (χ1v) is 7.05. The van der Waals surface area contributed by atoms with E-state index in [1.54, 1.807) is 0 Å². The molecule has 1 N–H and O–H groups in total. The van der Waals surface area contributed by atoms with Crippen LogP contribution in [0.15, 0.2) is 0 Å². The van der Waals surface area contributed by atoms with Gasteiger partial charge in [0.15, 0.2) is 0 Å². The first-order chi connectivity index (χ1) is 8.72. The Morgan fingerprint density at radius 2 is 1.89 bits per heavy atom. The molecule has 2 fully saturated rings. The number of carboxylic acid groups (broad SMARTS) is 1. The van der Waals surface area contributed by atoms with Crippen LogP contribution < -0.4 is 0 Å². The SMILES string of the molecule is O=CC1C2CCC(O2)C1CCCCCCC(=O)O. The van der Waals surface area contributed by atoms with Gasteiger partial charge in [-0.2, -0.15) is 0 Å². The predicted octanol–water partition coefficient (Wildman–Crippen LogP) is 2.40. The molecule has 4 nitrogen and oxygen atoms in total. The van der Waals surface area contributed by atoms with Gasteiger partial charge < -0.3 is 14.6 Å². The van der Waals surface area contributed by atoms with E-state index in [4.69, 9.17) is 9.84 Å². The molecule has 4 unspecified atom stereocenters. The number of aldehydes is 1. The fourth-order valence-corrected chi connectivity index (χ4v) is 3.39. The topological polar surface area (TPSA) is 63.6 Å². The van der Waals surface area contributed by atoms with E-state index < -0.39 is 5.97 Å². The van der Waals surface area contributed by atoms with Gasteiger partial charge in [0.25, 0.3) is 0 Å². The van der Waals surface area contributed by atoms with E-state index in [0.29, 0.717) is 12.0 Å². The van der Waals surface area contributed by atoms with Gasteiger partial charge in [-0.15, -0.1) is 0 Å². The fourth-order valence-electron chi connectivity index (χ4n) is 3.39. The number of hydrogen-bond acceptors (Lipinski definition) is 3. The van der Waals surface area contributed by atoms with Gasteiger partial charge in [0.05, 0.1) is 12.2 Å². The van der Waals surface area contributed by atoms with Crippen molar-refractivity contribution in [2.45, 2.75) is 63.6 Å². The van der Waals surface area contributed by atoms with Gasteiger partial charge in [-0.1, -0.05) is 19.3 Å². The lowest BCUT2D eigenvalue weighted by Gasteiger charge is -2.23.